The van der Waals surface area contributed by atoms with Crippen molar-refractivity contribution in [1.82, 2.24) is 19.6 Å². The van der Waals surface area contributed by atoms with E-state index >= 15 is 0 Å². The molecule has 3 aromatic rings. The molecule has 1 atom stereocenters. The normalized spacial score (nSPS) is 15.0. The second kappa shape index (κ2) is 8.55. The van der Waals surface area contributed by atoms with Gasteiger partial charge in [0, 0.05) is 37.8 Å². The topological polar surface area (TPSA) is 88.7 Å². The van der Waals surface area contributed by atoms with E-state index in [1.807, 2.05) is 0 Å². The Hall–Kier alpha value is -3.75. The van der Waals surface area contributed by atoms with Crippen LogP contribution in [0, 0.1) is 5.82 Å². The molecule has 8 nitrogen and oxygen atoms in total. The minimum Gasteiger partial charge on any atom is -0.459 e. The molecule has 2 aromatic heterocycles. The Balaban J connectivity index is 1.46. The first-order chi connectivity index (χ1) is 14.9. The fourth-order valence-electron chi connectivity index (χ4n) is 3.53. The molecule has 160 valence electrons. The minimum absolute atomic E-state index is 0.213. The average Bonchev–Trinajstić information content (AvgIpc) is 3.34. The van der Waals surface area contributed by atoms with Gasteiger partial charge >= 0.3 is 0 Å². The number of furan rings is 1. The number of carbonyl (C=O) groups is 2. The lowest BCUT2D eigenvalue weighted by Crippen LogP contribution is -2.52. The number of nitrogens with zero attached hydrogens (tertiary/aromatic N) is 4. The smallest absolute Gasteiger partial charge is 0.289 e. The Morgan fingerprint density at radius 3 is 2.32 bits per heavy atom. The SMILES string of the molecule is CC(C(=O)N1CCN(C(=O)c2ccco2)CC1)n1nc(-c2ccc(F)cc2)ccc1=O. The van der Waals surface area contributed by atoms with E-state index in [0.29, 0.717) is 37.4 Å². The van der Waals surface area contributed by atoms with Gasteiger partial charge in [-0.2, -0.15) is 5.10 Å². The molecule has 0 radical (unpaired) electrons. The molecule has 1 unspecified atom stereocenters. The standard InChI is InChI=1S/C22H21FN4O4/c1-15(27-20(28)9-8-18(24-27)16-4-6-17(23)7-5-16)21(29)25-10-12-26(13-11-25)22(30)19-3-2-14-31-19/h2-9,14-15H,10-13H2,1H3. The van der Waals surface area contributed by atoms with Gasteiger partial charge in [0.1, 0.15) is 11.9 Å². The van der Waals surface area contributed by atoms with Gasteiger partial charge in [0.25, 0.3) is 11.5 Å². The highest BCUT2D eigenvalue weighted by Crippen LogP contribution is 2.18. The summed E-state index contributed by atoms with van der Waals surface area (Å²) in [5, 5.41) is 4.32. The highest BCUT2D eigenvalue weighted by atomic mass is 19.1. The number of piperazine rings is 1. The number of carbonyl (C=O) groups excluding carboxylic acids is 2. The number of aromatic nitrogens is 2. The summed E-state index contributed by atoms with van der Waals surface area (Å²) in [6, 6.07) is 11.1. The van der Waals surface area contributed by atoms with Crippen molar-refractivity contribution in [3.63, 3.8) is 0 Å². The molecule has 2 amide bonds. The Kier molecular flexibility index (Phi) is 5.66. The maximum absolute atomic E-state index is 13.2. The fraction of sp³-hybridized carbons (Fsp3) is 0.273. The van der Waals surface area contributed by atoms with E-state index < -0.39 is 11.6 Å². The summed E-state index contributed by atoms with van der Waals surface area (Å²) in [6.07, 6.45) is 1.44. The summed E-state index contributed by atoms with van der Waals surface area (Å²) in [5.41, 5.74) is 0.700. The molecule has 0 spiro atoms. The summed E-state index contributed by atoms with van der Waals surface area (Å²) in [6.45, 7) is 3.06. The maximum atomic E-state index is 13.2. The Morgan fingerprint density at radius 2 is 1.68 bits per heavy atom. The van der Waals surface area contributed by atoms with E-state index in [1.54, 1.807) is 47.1 Å². The average molecular weight is 424 g/mol. The van der Waals surface area contributed by atoms with Gasteiger partial charge < -0.3 is 14.2 Å². The van der Waals surface area contributed by atoms with Crippen molar-refractivity contribution in [2.45, 2.75) is 13.0 Å². The molecule has 0 N–H and O–H groups in total. The minimum atomic E-state index is -0.819. The van der Waals surface area contributed by atoms with Crippen LogP contribution in [0.3, 0.4) is 0 Å². The van der Waals surface area contributed by atoms with Crippen LogP contribution >= 0.6 is 0 Å². The lowest BCUT2D eigenvalue weighted by molar-refractivity contribution is -0.136. The van der Waals surface area contributed by atoms with Crippen molar-refractivity contribution >= 4 is 11.8 Å². The molecule has 1 aromatic carbocycles. The van der Waals surface area contributed by atoms with Crippen LogP contribution in [0.1, 0.15) is 23.5 Å². The highest BCUT2D eigenvalue weighted by molar-refractivity contribution is 5.91. The van der Waals surface area contributed by atoms with Crippen molar-refractivity contribution in [1.29, 1.82) is 0 Å². The molecule has 1 aliphatic heterocycles. The first-order valence-corrected chi connectivity index (χ1v) is 9.91. The van der Waals surface area contributed by atoms with Crippen LogP contribution in [0.2, 0.25) is 0 Å². The van der Waals surface area contributed by atoms with Gasteiger partial charge in [0.05, 0.1) is 12.0 Å². The third-order valence-electron chi connectivity index (χ3n) is 5.30. The molecule has 9 heteroatoms. The quantitative estimate of drug-likeness (QED) is 0.641. The van der Waals surface area contributed by atoms with E-state index in [9.17, 15) is 18.8 Å². The van der Waals surface area contributed by atoms with Gasteiger partial charge in [0.15, 0.2) is 5.76 Å². The third-order valence-corrected chi connectivity index (χ3v) is 5.30. The van der Waals surface area contributed by atoms with Crippen molar-refractivity contribution < 1.29 is 18.4 Å². The van der Waals surface area contributed by atoms with E-state index in [2.05, 4.69) is 5.10 Å². The van der Waals surface area contributed by atoms with Crippen molar-refractivity contribution in [3.8, 4) is 11.3 Å². The summed E-state index contributed by atoms with van der Waals surface area (Å²) < 4.78 is 19.5. The Labute approximate surface area is 177 Å². The van der Waals surface area contributed by atoms with E-state index in [1.165, 1.54) is 24.5 Å². The molecule has 0 aliphatic carbocycles. The zero-order valence-corrected chi connectivity index (χ0v) is 16.9. The Morgan fingerprint density at radius 1 is 1.00 bits per heavy atom. The fourth-order valence-corrected chi connectivity index (χ4v) is 3.53. The predicted octanol–water partition coefficient (Wildman–Crippen LogP) is 2.19. The molecule has 0 bridgehead atoms. The summed E-state index contributed by atoms with van der Waals surface area (Å²) in [5.74, 6) is -0.572. The molecule has 3 heterocycles. The second-order valence-electron chi connectivity index (χ2n) is 7.28. The van der Waals surface area contributed by atoms with E-state index in [0.717, 1.165) is 4.68 Å². The van der Waals surface area contributed by atoms with Gasteiger partial charge in [-0.1, -0.05) is 0 Å². The zero-order chi connectivity index (χ0) is 22.0. The van der Waals surface area contributed by atoms with Gasteiger partial charge in [0.2, 0.25) is 5.91 Å². The molecular formula is C22H21FN4O4. The zero-order valence-electron chi connectivity index (χ0n) is 16.9. The summed E-state index contributed by atoms with van der Waals surface area (Å²) in [4.78, 5) is 41.0. The number of hydrogen-bond donors (Lipinski definition) is 0. The van der Waals surface area contributed by atoms with Crippen molar-refractivity contribution in [2.75, 3.05) is 26.2 Å². The number of rotatable bonds is 4. The van der Waals surface area contributed by atoms with Gasteiger partial charge in [-0.05, 0) is 49.4 Å². The van der Waals surface area contributed by atoms with E-state index in [4.69, 9.17) is 4.42 Å². The van der Waals surface area contributed by atoms with Crippen LogP contribution in [0.15, 0.2) is 64.0 Å². The van der Waals surface area contributed by atoms with Crippen LogP contribution in [-0.4, -0.2) is 57.6 Å². The largest absolute Gasteiger partial charge is 0.459 e. The van der Waals surface area contributed by atoms with E-state index in [-0.39, 0.29) is 23.4 Å². The molecule has 4 rings (SSSR count). The van der Waals surface area contributed by atoms with Crippen LogP contribution in [0.25, 0.3) is 11.3 Å². The van der Waals surface area contributed by atoms with Gasteiger partial charge in [-0.3, -0.25) is 14.4 Å². The van der Waals surface area contributed by atoms with Gasteiger partial charge in [-0.25, -0.2) is 9.07 Å². The molecule has 0 saturated carbocycles. The lowest BCUT2D eigenvalue weighted by Gasteiger charge is -2.35. The number of halogens is 1. The summed E-state index contributed by atoms with van der Waals surface area (Å²) in [7, 11) is 0. The van der Waals surface area contributed by atoms with Crippen LogP contribution in [0.4, 0.5) is 4.39 Å². The first-order valence-electron chi connectivity index (χ1n) is 9.91. The molecule has 1 saturated heterocycles. The van der Waals surface area contributed by atoms with Crippen molar-refractivity contribution in [3.05, 3.63) is 76.7 Å². The van der Waals surface area contributed by atoms with Crippen LogP contribution < -0.4 is 5.56 Å². The molecular weight excluding hydrogens is 403 g/mol. The summed E-state index contributed by atoms with van der Waals surface area (Å²) >= 11 is 0. The van der Waals surface area contributed by atoms with Crippen molar-refractivity contribution in [2.24, 2.45) is 0 Å². The number of amides is 2. The maximum Gasteiger partial charge on any atom is 0.289 e. The molecule has 1 fully saturated rings. The Bertz CT molecular complexity index is 1130. The third kappa shape index (κ3) is 4.25. The second-order valence-corrected chi connectivity index (χ2v) is 7.28. The highest BCUT2D eigenvalue weighted by Gasteiger charge is 2.29. The predicted molar refractivity (Wildman–Crippen MR) is 110 cm³/mol. The van der Waals surface area contributed by atoms with Crippen LogP contribution in [-0.2, 0) is 4.79 Å². The number of hydrogen-bond acceptors (Lipinski definition) is 5. The first kappa shape index (κ1) is 20.5. The van der Waals surface area contributed by atoms with Crippen LogP contribution in [0.5, 0.6) is 0 Å². The lowest BCUT2D eigenvalue weighted by atomic mass is 10.1. The van der Waals surface area contributed by atoms with Gasteiger partial charge in [-0.15, -0.1) is 0 Å². The molecule has 31 heavy (non-hydrogen) atoms. The number of benzene rings is 1. The molecule has 1 aliphatic rings. The monoisotopic (exact) mass is 424 g/mol.